The second-order valence-electron chi connectivity index (χ2n) is 10.9. The van der Waals surface area contributed by atoms with Crippen molar-refractivity contribution in [3.63, 3.8) is 0 Å². The van der Waals surface area contributed by atoms with Crippen molar-refractivity contribution in [1.29, 1.82) is 0 Å². The molecule has 0 N–H and O–H groups in total. The van der Waals surface area contributed by atoms with E-state index in [1.807, 2.05) is 66.7 Å². The molecular formula is C45H33N. The Balaban J connectivity index is 1.28. The van der Waals surface area contributed by atoms with Crippen LogP contribution in [0.25, 0.3) is 23.2 Å². The molecule has 0 bridgehead atoms. The van der Waals surface area contributed by atoms with Gasteiger partial charge in [-0.1, -0.05) is 158 Å². The van der Waals surface area contributed by atoms with Gasteiger partial charge in [-0.25, -0.2) is 0 Å². The van der Waals surface area contributed by atoms with Crippen molar-refractivity contribution in [2.45, 2.75) is 5.41 Å². The van der Waals surface area contributed by atoms with Crippen LogP contribution in [0.1, 0.15) is 49.8 Å². The summed E-state index contributed by atoms with van der Waals surface area (Å²) < 4.78 is 103. The second-order valence-corrected chi connectivity index (χ2v) is 10.9. The number of fused-ring (bicyclic) bond motifs is 3. The smallest absolute Gasteiger partial charge is 0.0713 e. The molecule has 0 atom stereocenters. The van der Waals surface area contributed by atoms with Crippen LogP contribution in [0.15, 0.2) is 188 Å². The Morgan fingerprint density at radius 2 is 0.957 bits per heavy atom. The fourth-order valence-corrected chi connectivity index (χ4v) is 6.44. The SMILES string of the molecule is [2H]/C(=C(/[2H])c1ccc2c(c1)C(c1ccccc1)(c1ccccc1)c1ccccc1-2)c1ccc(N(c2c([2H])c([2H])c([2H])c([2H])c2[2H])c2c([2H])c([2H])c([2H])c([2H])c2[2H])cc1. The first-order chi connectivity index (χ1) is 27.8. The molecule has 1 aliphatic rings. The van der Waals surface area contributed by atoms with E-state index in [0.717, 1.165) is 38.3 Å². The van der Waals surface area contributed by atoms with Gasteiger partial charge in [0.15, 0.2) is 0 Å². The Labute approximate surface area is 288 Å². The van der Waals surface area contributed by atoms with Crippen molar-refractivity contribution >= 4 is 29.2 Å². The first kappa shape index (κ1) is 17.5. The van der Waals surface area contributed by atoms with Crippen molar-refractivity contribution in [1.82, 2.24) is 0 Å². The molecule has 0 amide bonds. The molecule has 0 fully saturated rings. The molecule has 0 saturated heterocycles. The summed E-state index contributed by atoms with van der Waals surface area (Å²) in [6.07, 6.45) is 0. The number of para-hydroxylation sites is 2. The van der Waals surface area contributed by atoms with Gasteiger partial charge in [0.25, 0.3) is 0 Å². The highest BCUT2D eigenvalue weighted by Gasteiger charge is 2.45. The van der Waals surface area contributed by atoms with E-state index in [4.69, 9.17) is 13.7 Å². The molecule has 0 aliphatic heterocycles. The highest BCUT2D eigenvalue weighted by Crippen LogP contribution is 2.56. The van der Waals surface area contributed by atoms with Crippen LogP contribution in [0.4, 0.5) is 17.1 Å². The van der Waals surface area contributed by atoms with Gasteiger partial charge < -0.3 is 4.90 Å². The Bertz CT molecular complexity index is 2640. The van der Waals surface area contributed by atoms with Crippen LogP contribution in [0.3, 0.4) is 0 Å². The van der Waals surface area contributed by atoms with Gasteiger partial charge in [-0.3, -0.25) is 0 Å². The summed E-state index contributed by atoms with van der Waals surface area (Å²) in [5, 5.41) is 0. The summed E-state index contributed by atoms with van der Waals surface area (Å²) in [7, 11) is 0. The van der Waals surface area contributed by atoms with E-state index in [1.165, 1.54) is 24.3 Å². The number of anilines is 3. The average Bonchev–Trinajstić information content (AvgIpc) is 3.56. The van der Waals surface area contributed by atoms with Crippen molar-refractivity contribution in [2.24, 2.45) is 0 Å². The molecule has 218 valence electrons. The van der Waals surface area contributed by atoms with E-state index in [1.54, 1.807) is 0 Å². The monoisotopic (exact) mass is 599 g/mol. The molecule has 0 saturated carbocycles. The van der Waals surface area contributed by atoms with Gasteiger partial charge in [-0.2, -0.15) is 0 Å². The third-order valence-corrected chi connectivity index (χ3v) is 8.36. The number of benzene rings is 7. The molecule has 0 spiro atoms. The van der Waals surface area contributed by atoms with Crippen molar-refractivity contribution in [3.05, 3.63) is 221 Å². The van der Waals surface area contributed by atoms with E-state index in [2.05, 4.69) is 36.4 Å². The molecule has 0 unspecified atom stereocenters. The zero-order valence-corrected chi connectivity index (χ0v) is 24.6. The maximum Gasteiger partial charge on any atom is 0.0713 e. The molecule has 7 aromatic rings. The summed E-state index contributed by atoms with van der Waals surface area (Å²) in [6.45, 7) is 0. The fourth-order valence-electron chi connectivity index (χ4n) is 6.44. The first-order valence-electron chi connectivity index (χ1n) is 20.9. The lowest BCUT2D eigenvalue weighted by atomic mass is 9.67. The van der Waals surface area contributed by atoms with E-state index in [0.29, 0.717) is 11.1 Å². The number of hydrogen-bond donors (Lipinski definition) is 0. The fraction of sp³-hybridized carbons (Fsp3) is 0.0222. The van der Waals surface area contributed by atoms with Crippen LogP contribution in [0.2, 0.25) is 0 Å². The molecule has 1 aliphatic carbocycles. The van der Waals surface area contributed by atoms with Gasteiger partial charge in [-0.15, -0.1) is 0 Å². The Kier molecular flexibility index (Phi) is 4.53. The van der Waals surface area contributed by atoms with Crippen LogP contribution < -0.4 is 4.90 Å². The lowest BCUT2D eigenvalue weighted by molar-refractivity contribution is 0.768. The third-order valence-electron chi connectivity index (χ3n) is 8.36. The summed E-state index contributed by atoms with van der Waals surface area (Å²) in [5.41, 5.74) is 5.70. The molecule has 0 aromatic heterocycles. The largest absolute Gasteiger partial charge is 0.311 e. The summed E-state index contributed by atoms with van der Waals surface area (Å²) >= 11 is 0. The summed E-state index contributed by atoms with van der Waals surface area (Å²) in [5.74, 6) is 0. The normalized spacial score (nSPS) is 17.0. The molecule has 0 heterocycles. The molecule has 8 rings (SSSR count). The quantitative estimate of drug-likeness (QED) is 0.165. The Hall–Kier alpha value is -5.92. The summed E-state index contributed by atoms with van der Waals surface area (Å²) in [6, 6.07) is 33.8. The standard InChI is InChI=1S/C45H33N/c1-5-15-36(16-6-1)45(37-17-7-2-8-18-37)43-24-14-13-23-41(43)42-32-29-35(33-44(42)45)26-25-34-27-30-40(31-28-34)46(38-19-9-3-10-20-38)39-21-11-4-12-22-39/h1-33H/b26-25+/i3D,4D,9D,10D,11D,12D,19D,20D,21D,22D,25D,26D. The van der Waals surface area contributed by atoms with Gasteiger partial charge >= 0.3 is 0 Å². The predicted octanol–water partition coefficient (Wildman–Crippen LogP) is 11.7. The minimum absolute atomic E-state index is 0.0605. The van der Waals surface area contributed by atoms with Gasteiger partial charge in [0.2, 0.25) is 0 Å². The zero-order chi connectivity index (χ0) is 41.2. The Morgan fingerprint density at radius 1 is 0.457 bits per heavy atom. The van der Waals surface area contributed by atoms with Crippen molar-refractivity contribution < 1.29 is 16.4 Å². The van der Waals surface area contributed by atoms with Crippen molar-refractivity contribution in [2.75, 3.05) is 4.90 Å². The van der Waals surface area contributed by atoms with Crippen LogP contribution in [0, 0.1) is 0 Å². The van der Waals surface area contributed by atoms with Crippen molar-refractivity contribution in [3.8, 4) is 11.1 Å². The van der Waals surface area contributed by atoms with Gasteiger partial charge in [0, 0.05) is 17.1 Å². The highest BCUT2D eigenvalue weighted by atomic mass is 15.1. The van der Waals surface area contributed by atoms with Gasteiger partial charge in [-0.05, 0) is 86.9 Å². The van der Waals surface area contributed by atoms with Gasteiger partial charge in [0.05, 0.1) is 21.9 Å². The topological polar surface area (TPSA) is 3.24 Å². The Morgan fingerprint density at radius 3 is 1.57 bits per heavy atom. The average molecular weight is 600 g/mol. The van der Waals surface area contributed by atoms with E-state index < -0.39 is 77.2 Å². The molecule has 1 heteroatoms. The minimum atomic E-state index is -0.704. The van der Waals surface area contributed by atoms with Crippen LogP contribution in [-0.4, -0.2) is 0 Å². The molecule has 1 nitrogen and oxygen atoms in total. The van der Waals surface area contributed by atoms with Gasteiger partial charge in [0.1, 0.15) is 0 Å². The maximum absolute atomic E-state index is 9.34. The molecule has 7 aromatic carbocycles. The number of nitrogens with zero attached hydrogens (tertiary/aromatic N) is 1. The van der Waals surface area contributed by atoms with Crippen LogP contribution >= 0.6 is 0 Å². The minimum Gasteiger partial charge on any atom is -0.311 e. The summed E-state index contributed by atoms with van der Waals surface area (Å²) in [4.78, 5) is 1.06. The molecule has 46 heavy (non-hydrogen) atoms. The van der Waals surface area contributed by atoms with E-state index in [9.17, 15) is 2.74 Å². The number of hydrogen-bond acceptors (Lipinski definition) is 1. The maximum atomic E-state index is 9.34. The lowest BCUT2D eigenvalue weighted by Crippen LogP contribution is -2.28. The van der Waals surface area contributed by atoms with Crippen LogP contribution in [-0.2, 0) is 5.41 Å². The second kappa shape index (κ2) is 11.9. The third kappa shape index (κ3) is 4.74. The molecule has 0 radical (unpaired) electrons. The van der Waals surface area contributed by atoms with E-state index >= 15 is 0 Å². The van der Waals surface area contributed by atoms with E-state index in [-0.39, 0.29) is 17.8 Å². The lowest BCUT2D eigenvalue weighted by Gasteiger charge is -2.34. The zero-order valence-electron chi connectivity index (χ0n) is 36.6. The van der Waals surface area contributed by atoms with Crippen LogP contribution in [0.5, 0.6) is 0 Å². The molecular weight excluding hydrogens is 555 g/mol. The number of rotatable bonds is 7. The highest BCUT2D eigenvalue weighted by molar-refractivity contribution is 5.88. The predicted molar refractivity (Wildman–Crippen MR) is 194 cm³/mol. The first-order valence-corrected chi connectivity index (χ1v) is 14.9.